The first-order chi connectivity index (χ1) is 6.11. The molecule has 0 aliphatic carbocycles. The van der Waals surface area contributed by atoms with Gasteiger partial charge < -0.3 is 4.57 Å². The molecule has 0 atom stereocenters. The molecule has 0 aliphatic heterocycles. The van der Waals surface area contributed by atoms with Crippen molar-refractivity contribution in [2.75, 3.05) is 0 Å². The predicted molar refractivity (Wildman–Crippen MR) is 65.1 cm³/mol. The quantitative estimate of drug-likeness (QED) is 0.654. The summed E-state index contributed by atoms with van der Waals surface area (Å²) >= 11 is 2.36. The third-order valence-corrected chi connectivity index (χ3v) is 3.44. The molecule has 0 spiro atoms. The fourth-order valence-electron chi connectivity index (χ4n) is 1.74. The molecule has 0 amide bonds. The largest absolute Gasteiger partial charge is 0.351 e. The number of aryl methyl sites for hydroxylation is 2. The van der Waals surface area contributed by atoms with Gasteiger partial charge in [0, 0.05) is 32.8 Å². The lowest BCUT2D eigenvalue weighted by atomic mass is 10.1. The lowest BCUT2D eigenvalue weighted by Crippen LogP contribution is -1.91. The van der Waals surface area contributed by atoms with Crippen LogP contribution in [-0.4, -0.2) is 4.57 Å². The van der Waals surface area contributed by atoms with Gasteiger partial charge >= 0.3 is 0 Å². The standard InChI is InChI=1S/C11H12IN/c1-7-10-5-4-9(12)6-11(10)8(2)13(7)3/h4-6H,1-3H3. The molecule has 1 nitrogen and oxygen atoms in total. The van der Waals surface area contributed by atoms with Gasteiger partial charge in [0.1, 0.15) is 0 Å². The van der Waals surface area contributed by atoms with Crippen molar-refractivity contribution in [2.45, 2.75) is 13.8 Å². The molecule has 0 bridgehead atoms. The summed E-state index contributed by atoms with van der Waals surface area (Å²) in [5.74, 6) is 0. The maximum absolute atomic E-state index is 2.36. The first-order valence-electron chi connectivity index (χ1n) is 4.32. The predicted octanol–water partition coefficient (Wildman–Crippen LogP) is 3.40. The third-order valence-electron chi connectivity index (χ3n) is 2.77. The first kappa shape index (κ1) is 9.06. The van der Waals surface area contributed by atoms with Crippen molar-refractivity contribution < 1.29 is 0 Å². The molecule has 68 valence electrons. The Labute approximate surface area is 91.9 Å². The molecular weight excluding hydrogens is 273 g/mol. The smallest absolute Gasteiger partial charge is 0.0222 e. The van der Waals surface area contributed by atoms with E-state index in [0.717, 1.165) is 0 Å². The maximum Gasteiger partial charge on any atom is 0.0222 e. The van der Waals surface area contributed by atoms with Crippen molar-refractivity contribution in [2.24, 2.45) is 7.05 Å². The Morgan fingerprint density at radius 2 is 1.69 bits per heavy atom. The van der Waals surface area contributed by atoms with Crippen molar-refractivity contribution in [1.29, 1.82) is 0 Å². The molecule has 1 aromatic carbocycles. The summed E-state index contributed by atoms with van der Waals surface area (Å²) in [5.41, 5.74) is 2.70. The van der Waals surface area contributed by atoms with Crippen LogP contribution in [0.2, 0.25) is 0 Å². The molecule has 0 N–H and O–H groups in total. The Bertz CT molecular complexity index is 468. The average Bonchev–Trinajstić information content (AvgIpc) is 2.32. The molecule has 2 aromatic rings. The highest BCUT2D eigenvalue weighted by molar-refractivity contribution is 14.1. The highest BCUT2D eigenvalue weighted by Crippen LogP contribution is 2.25. The van der Waals surface area contributed by atoms with Crippen LogP contribution in [0.4, 0.5) is 0 Å². The Kier molecular flexibility index (Phi) is 2.10. The molecule has 0 unspecified atom stereocenters. The Hall–Kier alpha value is -0.510. The topological polar surface area (TPSA) is 4.93 Å². The number of benzene rings is 1. The summed E-state index contributed by atoms with van der Waals surface area (Å²) in [6.07, 6.45) is 0. The van der Waals surface area contributed by atoms with Gasteiger partial charge in [-0.15, -0.1) is 0 Å². The van der Waals surface area contributed by atoms with Gasteiger partial charge in [-0.05, 0) is 48.6 Å². The number of halogens is 1. The second kappa shape index (κ2) is 3.01. The minimum Gasteiger partial charge on any atom is -0.351 e. The van der Waals surface area contributed by atoms with Gasteiger partial charge in [0.2, 0.25) is 0 Å². The van der Waals surface area contributed by atoms with Crippen LogP contribution in [0.3, 0.4) is 0 Å². The Morgan fingerprint density at radius 1 is 1.08 bits per heavy atom. The van der Waals surface area contributed by atoms with Gasteiger partial charge in [0.25, 0.3) is 0 Å². The lowest BCUT2D eigenvalue weighted by Gasteiger charge is -1.97. The van der Waals surface area contributed by atoms with Crippen LogP contribution >= 0.6 is 22.6 Å². The van der Waals surface area contributed by atoms with E-state index in [2.05, 4.69) is 66.3 Å². The van der Waals surface area contributed by atoms with E-state index in [0.29, 0.717) is 0 Å². The highest BCUT2D eigenvalue weighted by Gasteiger charge is 2.07. The summed E-state index contributed by atoms with van der Waals surface area (Å²) in [5, 5.41) is 2.76. The van der Waals surface area contributed by atoms with E-state index < -0.39 is 0 Å². The monoisotopic (exact) mass is 285 g/mol. The summed E-state index contributed by atoms with van der Waals surface area (Å²) in [7, 11) is 2.12. The second-order valence-electron chi connectivity index (χ2n) is 3.42. The molecular formula is C11H12IN. The zero-order valence-corrected chi connectivity index (χ0v) is 10.2. The van der Waals surface area contributed by atoms with E-state index >= 15 is 0 Å². The molecule has 0 radical (unpaired) electrons. The van der Waals surface area contributed by atoms with Crippen LogP contribution in [0.5, 0.6) is 0 Å². The fraction of sp³-hybridized carbons (Fsp3) is 0.273. The second-order valence-corrected chi connectivity index (χ2v) is 4.67. The van der Waals surface area contributed by atoms with Crippen LogP contribution in [0.25, 0.3) is 10.8 Å². The van der Waals surface area contributed by atoms with Crippen molar-refractivity contribution in [1.82, 2.24) is 4.57 Å². The van der Waals surface area contributed by atoms with E-state index in [1.165, 1.54) is 25.7 Å². The Morgan fingerprint density at radius 3 is 2.38 bits per heavy atom. The molecule has 0 fully saturated rings. The third kappa shape index (κ3) is 1.27. The van der Waals surface area contributed by atoms with Crippen molar-refractivity contribution in [3.63, 3.8) is 0 Å². The van der Waals surface area contributed by atoms with Gasteiger partial charge in [-0.25, -0.2) is 0 Å². The maximum atomic E-state index is 2.36. The summed E-state index contributed by atoms with van der Waals surface area (Å²) in [6.45, 7) is 4.34. The molecule has 1 aromatic heterocycles. The van der Waals surface area contributed by atoms with Crippen LogP contribution in [0, 0.1) is 17.4 Å². The number of aromatic nitrogens is 1. The Balaban J connectivity index is 2.95. The summed E-state index contributed by atoms with van der Waals surface area (Å²) in [4.78, 5) is 0. The zero-order valence-electron chi connectivity index (χ0n) is 8.06. The van der Waals surface area contributed by atoms with Crippen molar-refractivity contribution in [3.8, 4) is 0 Å². The van der Waals surface area contributed by atoms with Gasteiger partial charge in [-0.3, -0.25) is 0 Å². The molecule has 2 heteroatoms. The lowest BCUT2D eigenvalue weighted by molar-refractivity contribution is 0.851. The van der Waals surface area contributed by atoms with Gasteiger partial charge in [0.15, 0.2) is 0 Å². The SMILES string of the molecule is Cc1c2ccc(I)cc2c(C)n1C. The minimum atomic E-state index is 1.30. The van der Waals surface area contributed by atoms with Crippen LogP contribution in [0.1, 0.15) is 11.4 Å². The molecule has 0 saturated carbocycles. The normalized spacial score (nSPS) is 11.1. The van der Waals surface area contributed by atoms with Crippen LogP contribution in [0.15, 0.2) is 18.2 Å². The van der Waals surface area contributed by atoms with Crippen molar-refractivity contribution >= 4 is 33.4 Å². The fourth-order valence-corrected chi connectivity index (χ4v) is 2.24. The van der Waals surface area contributed by atoms with E-state index in [-0.39, 0.29) is 0 Å². The number of hydrogen-bond donors (Lipinski definition) is 0. The van der Waals surface area contributed by atoms with Gasteiger partial charge in [-0.1, -0.05) is 6.07 Å². The van der Waals surface area contributed by atoms with E-state index in [9.17, 15) is 0 Å². The number of nitrogens with zero attached hydrogens (tertiary/aromatic N) is 1. The van der Waals surface area contributed by atoms with E-state index in [1.807, 2.05) is 0 Å². The minimum absolute atomic E-state index is 1.30. The van der Waals surface area contributed by atoms with Gasteiger partial charge in [0.05, 0.1) is 0 Å². The average molecular weight is 285 g/mol. The number of rotatable bonds is 0. The molecule has 0 saturated heterocycles. The summed E-state index contributed by atoms with van der Waals surface area (Å²) < 4.78 is 3.56. The highest BCUT2D eigenvalue weighted by atomic mass is 127. The zero-order chi connectivity index (χ0) is 9.59. The molecule has 0 aliphatic rings. The van der Waals surface area contributed by atoms with Crippen molar-refractivity contribution in [3.05, 3.63) is 33.2 Å². The number of hydrogen-bond acceptors (Lipinski definition) is 0. The molecule has 13 heavy (non-hydrogen) atoms. The first-order valence-corrected chi connectivity index (χ1v) is 5.40. The molecule has 1 heterocycles. The number of fused-ring (bicyclic) bond motifs is 1. The van der Waals surface area contributed by atoms with Crippen LogP contribution < -0.4 is 0 Å². The van der Waals surface area contributed by atoms with E-state index in [1.54, 1.807) is 0 Å². The van der Waals surface area contributed by atoms with Gasteiger partial charge in [-0.2, -0.15) is 0 Å². The van der Waals surface area contributed by atoms with E-state index in [4.69, 9.17) is 0 Å². The van der Waals surface area contributed by atoms with Crippen LogP contribution in [-0.2, 0) is 7.05 Å². The molecule has 2 rings (SSSR count). The summed E-state index contributed by atoms with van der Waals surface area (Å²) in [6, 6.07) is 6.62.